The highest BCUT2D eigenvalue weighted by atomic mass is 32.2. The van der Waals surface area contributed by atoms with Crippen LogP contribution in [-0.4, -0.2) is 17.5 Å². The fraction of sp³-hybridized carbons (Fsp3) is 0.571. The van der Waals surface area contributed by atoms with Crippen molar-refractivity contribution < 1.29 is 0 Å². The molecule has 0 aromatic carbocycles. The standard InChI is InChI=1S/C7H11NS/c1-6(2)8-7-3-4-9-5-7/h3-4,6H,5H2,1-2H3. The van der Waals surface area contributed by atoms with Gasteiger partial charge in [0.25, 0.3) is 0 Å². The first-order valence-electron chi connectivity index (χ1n) is 3.14. The Balaban J connectivity index is 2.50. The van der Waals surface area contributed by atoms with E-state index in [1.807, 2.05) is 11.8 Å². The fourth-order valence-electron chi connectivity index (χ4n) is 0.720. The molecule has 0 amide bonds. The summed E-state index contributed by atoms with van der Waals surface area (Å²) in [5.41, 5.74) is 1.23. The van der Waals surface area contributed by atoms with Gasteiger partial charge in [0.2, 0.25) is 0 Å². The monoisotopic (exact) mass is 141 g/mol. The molecule has 0 radical (unpaired) electrons. The predicted octanol–water partition coefficient (Wildman–Crippen LogP) is 2.10. The summed E-state index contributed by atoms with van der Waals surface area (Å²) in [6.07, 6.45) is 2.09. The fourth-order valence-corrected chi connectivity index (χ4v) is 1.41. The third-order valence-electron chi connectivity index (χ3n) is 1.01. The van der Waals surface area contributed by atoms with E-state index in [1.54, 1.807) is 0 Å². The molecule has 0 aromatic rings. The normalized spacial score (nSPS) is 22.3. The van der Waals surface area contributed by atoms with Gasteiger partial charge in [-0.3, -0.25) is 4.99 Å². The van der Waals surface area contributed by atoms with Crippen molar-refractivity contribution in [2.75, 3.05) is 5.75 Å². The lowest BCUT2D eigenvalue weighted by Crippen LogP contribution is -1.98. The molecule has 0 saturated heterocycles. The van der Waals surface area contributed by atoms with E-state index in [9.17, 15) is 0 Å². The molecule has 1 heterocycles. The molecule has 0 atom stereocenters. The van der Waals surface area contributed by atoms with E-state index < -0.39 is 0 Å². The van der Waals surface area contributed by atoms with Gasteiger partial charge in [-0.15, -0.1) is 11.8 Å². The maximum absolute atomic E-state index is 4.39. The smallest absolute Gasteiger partial charge is 0.0459 e. The first-order chi connectivity index (χ1) is 4.29. The molecule has 0 aromatic heterocycles. The Morgan fingerprint density at radius 3 is 2.89 bits per heavy atom. The Morgan fingerprint density at radius 1 is 1.67 bits per heavy atom. The largest absolute Gasteiger partial charge is 0.286 e. The van der Waals surface area contributed by atoms with Crippen LogP contribution < -0.4 is 0 Å². The van der Waals surface area contributed by atoms with E-state index >= 15 is 0 Å². The van der Waals surface area contributed by atoms with Crippen LogP contribution in [0.25, 0.3) is 0 Å². The van der Waals surface area contributed by atoms with Crippen molar-refractivity contribution in [1.29, 1.82) is 0 Å². The van der Waals surface area contributed by atoms with Gasteiger partial charge in [0.1, 0.15) is 0 Å². The summed E-state index contributed by atoms with van der Waals surface area (Å²) < 4.78 is 0. The van der Waals surface area contributed by atoms with Gasteiger partial charge in [-0.25, -0.2) is 0 Å². The van der Waals surface area contributed by atoms with Gasteiger partial charge in [-0.1, -0.05) is 0 Å². The van der Waals surface area contributed by atoms with Crippen LogP contribution in [0, 0.1) is 0 Å². The van der Waals surface area contributed by atoms with Crippen molar-refractivity contribution in [1.82, 2.24) is 0 Å². The summed E-state index contributed by atoms with van der Waals surface area (Å²) in [4.78, 5) is 4.39. The van der Waals surface area contributed by atoms with Crippen molar-refractivity contribution in [3.8, 4) is 0 Å². The van der Waals surface area contributed by atoms with Crippen LogP contribution in [0.1, 0.15) is 13.8 Å². The van der Waals surface area contributed by atoms with E-state index in [2.05, 4.69) is 30.3 Å². The molecule has 1 aliphatic heterocycles. The minimum absolute atomic E-state index is 0.448. The zero-order valence-corrected chi connectivity index (χ0v) is 6.61. The molecule has 9 heavy (non-hydrogen) atoms. The van der Waals surface area contributed by atoms with E-state index in [1.165, 1.54) is 5.71 Å². The van der Waals surface area contributed by atoms with Crippen LogP contribution in [0.3, 0.4) is 0 Å². The highest BCUT2D eigenvalue weighted by molar-refractivity contribution is 8.03. The molecule has 0 aliphatic carbocycles. The van der Waals surface area contributed by atoms with Crippen molar-refractivity contribution in [2.45, 2.75) is 19.9 Å². The summed E-state index contributed by atoms with van der Waals surface area (Å²) in [7, 11) is 0. The van der Waals surface area contributed by atoms with Crippen molar-refractivity contribution in [3.05, 3.63) is 11.5 Å². The first kappa shape index (κ1) is 6.87. The second-order valence-corrected chi connectivity index (χ2v) is 3.22. The first-order valence-corrected chi connectivity index (χ1v) is 4.19. The molecule has 0 unspecified atom stereocenters. The van der Waals surface area contributed by atoms with E-state index in [-0.39, 0.29) is 0 Å². The molecule has 50 valence electrons. The van der Waals surface area contributed by atoms with Crippen LogP contribution >= 0.6 is 11.8 Å². The second-order valence-electron chi connectivity index (χ2n) is 2.33. The van der Waals surface area contributed by atoms with Crippen molar-refractivity contribution in [3.63, 3.8) is 0 Å². The highest BCUT2D eigenvalue weighted by Crippen LogP contribution is 2.12. The summed E-state index contributed by atoms with van der Waals surface area (Å²) in [5.74, 6) is 1.07. The zero-order valence-electron chi connectivity index (χ0n) is 5.79. The maximum Gasteiger partial charge on any atom is 0.0459 e. The van der Waals surface area contributed by atoms with E-state index in [4.69, 9.17) is 0 Å². The topological polar surface area (TPSA) is 12.4 Å². The Morgan fingerprint density at radius 2 is 2.44 bits per heavy atom. The minimum atomic E-state index is 0.448. The summed E-state index contributed by atoms with van der Waals surface area (Å²) in [6, 6.07) is 0.448. The molecule has 0 spiro atoms. The molecule has 0 saturated carbocycles. The Kier molecular flexibility index (Phi) is 2.34. The number of nitrogens with zero attached hydrogens (tertiary/aromatic N) is 1. The lowest BCUT2D eigenvalue weighted by atomic mass is 10.3. The molecule has 2 heteroatoms. The average molecular weight is 141 g/mol. The van der Waals surface area contributed by atoms with Gasteiger partial charge in [-0.05, 0) is 25.3 Å². The number of thioether (sulfide) groups is 1. The van der Waals surface area contributed by atoms with Crippen LogP contribution in [0.5, 0.6) is 0 Å². The molecule has 0 bridgehead atoms. The van der Waals surface area contributed by atoms with Crippen LogP contribution in [-0.2, 0) is 0 Å². The Bertz CT molecular complexity index is 147. The van der Waals surface area contributed by atoms with Gasteiger partial charge >= 0.3 is 0 Å². The van der Waals surface area contributed by atoms with E-state index in [0.29, 0.717) is 6.04 Å². The van der Waals surface area contributed by atoms with Gasteiger partial charge in [-0.2, -0.15) is 0 Å². The second kappa shape index (κ2) is 3.06. The quantitative estimate of drug-likeness (QED) is 0.544. The number of hydrogen-bond donors (Lipinski definition) is 0. The number of rotatable bonds is 1. The molecule has 0 N–H and O–H groups in total. The SMILES string of the molecule is CC(C)N=C1C=CSC1. The minimum Gasteiger partial charge on any atom is -0.286 e. The summed E-state index contributed by atoms with van der Waals surface area (Å²) in [5, 5.41) is 2.10. The van der Waals surface area contributed by atoms with Gasteiger partial charge in [0.15, 0.2) is 0 Å². The lowest BCUT2D eigenvalue weighted by Gasteiger charge is -1.96. The van der Waals surface area contributed by atoms with Crippen LogP contribution in [0.15, 0.2) is 16.5 Å². The Labute approximate surface area is 60.3 Å². The Hall–Kier alpha value is -0.240. The number of aliphatic imine (C=N–C) groups is 1. The summed E-state index contributed by atoms with van der Waals surface area (Å²) in [6.45, 7) is 4.20. The average Bonchev–Trinajstić information content (AvgIpc) is 2.15. The van der Waals surface area contributed by atoms with Crippen molar-refractivity contribution in [2.24, 2.45) is 4.99 Å². The predicted molar refractivity (Wildman–Crippen MR) is 44.2 cm³/mol. The highest BCUT2D eigenvalue weighted by Gasteiger charge is 2.00. The molecule has 1 aliphatic rings. The third kappa shape index (κ3) is 2.22. The lowest BCUT2D eigenvalue weighted by molar-refractivity contribution is 0.837. The van der Waals surface area contributed by atoms with Gasteiger partial charge in [0, 0.05) is 17.5 Å². The van der Waals surface area contributed by atoms with Gasteiger partial charge < -0.3 is 0 Å². The summed E-state index contributed by atoms with van der Waals surface area (Å²) >= 11 is 1.81. The van der Waals surface area contributed by atoms with Gasteiger partial charge in [0.05, 0.1) is 0 Å². The van der Waals surface area contributed by atoms with Crippen molar-refractivity contribution >= 4 is 17.5 Å². The van der Waals surface area contributed by atoms with Crippen LogP contribution in [0.4, 0.5) is 0 Å². The molecule has 1 nitrogen and oxygen atoms in total. The molecule has 0 fully saturated rings. The number of hydrogen-bond acceptors (Lipinski definition) is 2. The molecule has 1 rings (SSSR count). The van der Waals surface area contributed by atoms with Crippen LogP contribution in [0.2, 0.25) is 0 Å². The number of allylic oxidation sites excluding steroid dienone is 1. The zero-order chi connectivity index (χ0) is 6.69. The maximum atomic E-state index is 4.39. The van der Waals surface area contributed by atoms with E-state index in [0.717, 1.165) is 5.75 Å². The third-order valence-corrected chi connectivity index (χ3v) is 1.80. The molecular weight excluding hydrogens is 130 g/mol. The molecular formula is C7H11NS.